The van der Waals surface area contributed by atoms with Crippen LogP contribution in [0, 0.1) is 0 Å². The van der Waals surface area contributed by atoms with Crippen LogP contribution in [0.25, 0.3) is 0 Å². The molecule has 1 atom stereocenters. The van der Waals surface area contributed by atoms with Crippen LogP contribution in [-0.4, -0.2) is 27.5 Å². The topological polar surface area (TPSA) is 67.8 Å². The second-order valence-electron chi connectivity index (χ2n) is 4.82. The predicted octanol–water partition coefficient (Wildman–Crippen LogP) is 4.11. The van der Waals surface area contributed by atoms with Crippen LogP contribution in [0.1, 0.15) is 4.88 Å². The fourth-order valence-corrected chi connectivity index (χ4v) is 4.83. The van der Waals surface area contributed by atoms with Gasteiger partial charge in [-0.3, -0.25) is 4.79 Å². The van der Waals surface area contributed by atoms with Gasteiger partial charge in [0.2, 0.25) is 11.5 Å². The minimum Gasteiger partial charge on any atom is -0.566 e. The summed E-state index contributed by atoms with van der Waals surface area (Å²) in [6.45, 7) is 0. The minimum absolute atomic E-state index is 0.294. The van der Waals surface area contributed by atoms with Gasteiger partial charge in [0.1, 0.15) is 5.71 Å². The van der Waals surface area contributed by atoms with Crippen LogP contribution >= 0.6 is 43.2 Å². The van der Waals surface area contributed by atoms with Gasteiger partial charge < -0.3 is 9.87 Å². The Hall–Kier alpha value is -1.13. The molecule has 0 bridgehead atoms. The van der Waals surface area contributed by atoms with E-state index in [-0.39, 0.29) is 5.91 Å². The van der Waals surface area contributed by atoms with E-state index < -0.39 is 11.5 Å². The summed E-state index contributed by atoms with van der Waals surface area (Å²) in [4.78, 5) is 13.5. The molecule has 0 radical (unpaired) electrons. The molecule has 2 aromatic rings. The molecule has 124 valence electrons. The summed E-state index contributed by atoms with van der Waals surface area (Å²) in [6, 6.07) is 9.21. The molecule has 0 aliphatic carbocycles. The van der Waals surface area contributed by atoms with Crippen molar-refractivity contribution < 1.29 is 9.35 Å². The van der Waals surface area contributed by atoms with Crippen molar-refractivity contribution >= 4 is 72.1 Å². The molecular formula is C15H11Br2N3O2S2. The number of nitrogens with one attached hydrogen (secondary N) is 1. The van der Waals surface area contributed by atoms with Crippen molar-refractivity contribution in [2.45, 2.75) is 0 Å². The number of amides is 1. The first-order valence-corrected chi connectivity index (χ1v) is 10.2. The molecule has 1 aromatic carbocycles. The summed E-state index contributed by atoms with van der Waals surface area (Å²) >= 11 is 6.61. The van der Waals surface area contributed by atoms with E-state index in [1.165, 1.54) is 15.6 Å². The number of nitrogens with zero attached hydrogens (tertiary/aromatic N) is 2. The van der Waals surface area contributed by atoms with Crippen LogP contribution in [0.2, 0.25) is 0 Å². The highest BCUT2D eigenvalue weighted by Crippen LogP contribution is 2.26. The lowest BCUT2D eigenvalue weighted by atomic mass is 10.2. The van der Waals surface area contributed by atoms with Crippen molar-refractivity contribution in [2.75, 3.05) is 12.4 Å². The monoisotopic (exact) mass is 487 g/mol. The zero-order valence-electron chi connectivity index (χ0n) is 12.3. The van der Waals surface area contributed by atoms with E-state index in [4.69, 9.17) is 0 Å². The van der Waals surface area contributed by atoms with Gasteiger partial charge in [-0.25, -0.2) is 0 Å². The Labute approximate surface area is 163 Å². The Kier molecular flexibility index (Phi) is 5.46. The molecular weight excluding hydrogens is 478 g/mol. The molecule has 3 rings (SSSR count). The smallest absolute Gasteiger partial charge is 0.276 e. The Balaban J connectivity index is 1.88. The van der Waals surface area contributed by atoms with Crippen molar-refractivity contribution in [3.05, 3.63) is 61.3 Å². The third kappa shape index (κ3) is 3.92. The number of carbonyl (C=O) groups excluding carboxylic acids is 1. The maximum Gasteiger partial charge on any atom is 0.276 e. The fraction of sp³-hybridized carbons (Fsp3) is 0.0667. The van der Waals surface area contributed by atoms with E-state index in [1.54, 1.807) is 25.3 Å². The highest BCUT2D eigenvalue weighted by molar-refractivity contribution is 9.11. The summed E-state index contributed by atoms with van der Waals surface area (Å²) in [5.74, 6) is -0.347. The fourth-order valence-electron chi connectivity index (χ4n) is 2.05. The number of hydrogen-bond acceptors (Lipinski definition) is 5. The van der Waals surface area contributed by atoms with Gasteiger partial charge in [-0.05, 0) is 34.0 Å². The van der Waals surface area contributed by atoms with Crippen LogP contribution in [0.5, 0.6) is 0 Å². The van der Waals surface area contributed by atoms with E-state index in [2.05, 4.69) is 41.6 Å². The van der Waals surface area contributed by atoms with Crippen molar-refractivity contribution in [3.63, 3.8) is 0 Å². The molecule has 1 N–H and O–H groups in total. The first kappa shape index (κ1) is 17.7. The first-order chi connectivity index (χ1) is 11.4. The molecule has 0 saturated carbocycles. The summed E-state index contributed by atoms with van der Waals surface area (Å²) in [7, 11) is 1.58. The van der Waals surface area contributed by atoms with Crippen LogP contribution in [0.15, 0.2) is 60.8 Å². The zero-order chi connectivity index (χ0) is 17.3. The lowest BCUT2D eigenvalue weighted by Gasteiger charge is -2.23. The second kappa shape index (κ2) is 7.40. The number of anilines is 1. The molecule has 0 fully saturated rings. The molecule has 9 heteroatoms. The van der Waals surface area contributed by atoms with Gasteiger partial charge in [0, 0.05) is 20.7 Å². The zero-order valence-corrected chi connectivity index (χ0v) is 17.1. The molecule has 1 aliphatic heterocycles. The van der Waals surface area contributed by atoms with Crippen molar-refractivity contribution in [1.82, 2.24) is 4.31 Å². The third-order valence-corrected chi connectivity index (χ3v) is 5.98. The van der Waals surface area contributed by atoms with Gasteiger partial charge in [0.05, 0.1) is 11.9 Å². The van der Waals surface area contributed by atoms with E-state index in [0.717, 1.165) is 13.8 Å². The maximum atomic E-state index is 12.6. The summed E-state index contributed by atoms with van der Waals surface area (Å²) < 4.78 is 19.3. The van der Waals surface area contributed by atoms with Crippen LogP contribution in [0.4, 0.5) is 5.69 Å². The van der Waals surface area contributed by atoms with Crippen molar-refractivity contribution in [1.29, 1.82) is 0 Å². The molecule has 1 aromatic heterocycles. The number of thiophene rings is 1. The third-order valence-electron chi connectivity index (χ3n) is 3.15. The molecule has 24 heavy (non-hydrogen) atoms. The average Bonchev–Trinajstić information content (AvgIpc) is 3.03. The summed E-state index contributed by atoms with van der Waals surface area (Å²) in [5, 5.41) is 4.72. The predicted molar refractivity (Wildman–Crippen MR) is 105 cm³/mol. The SMILES string of the molecule is CN1C(C(=O)Nc2cc(Br)cc(Br)c2)=CC(c2cccs2)=N[S+]1[O-]. The summed E-state index contributed by atoms with van der Waals surface area (Å²) in [5.41, 5.74) is 1.46. The van der Waals surface area contributed by atoms with Gasteiger partial charge in [-0.15, -0.1) is 11.3 Å². The maximum absolute atomic E-state index is 12.6. The van der Waals surface area contributed by atoms with Crippen LogP contribution < -0.4 is 5.32 Å². The van der Waals surface area contributed by atoms with Gasteiger partial charge >= 0.3 is 0 Å². The number of benzene rings is 1. The molecule has 1 unspecified atom stereocenters. The quantitative estimate of drug-likeness (QED) is 0.661. The molecule has 0 saturated heterocycles. The summed E-state index contributed by atoms with van der Waals surface area (Å²) in [6.07, 6.45) is 1.65. The van der Waals surface area contributed by atoms with Gasteiger partial charge in [0.15, 0.2) is 5.70 Å². The molecule has 1 aliphatic rings. The molecule has 2 heterocycles. The van der Waals surface area contributed by atoms with Crippen LogP contribution in [0.3, 0.4) is 0 Å². The van der Waals surface area contributed by atoms with E-state index >= 15 is 0 Å². The Morgan fingerprint density at radius 3 is 2.67 bits per heavy atom. The number of hydrogen-bond donors (Lipinski definition) is 1. The Morgan fingerprint density at radius 1 is 1.33 bits per heavy atom. The standard InChI is InChI=1S/C15H11Br2N3O2S2/c1-20-13(8-12(19-24(20)22)14-3-2-4-23-14)15(21)18-11-6-9(16)5-10(17)7-11/h2-8H,1H3,(H,18,21). The highest BCUT2D eigenvalue weighted by Gasteiger charge is 2.30. The van der Waals surface area contributed by atoms with Gasteiger partial charge in [-0.1, -0.05) is 37.9 Å². The number of carbonyl (C=O) groups is 1. The molecule has 0 spiro atoms. The molecule has 5 nitrogen and oxygen atoms in total. The lowest BCUT2D eigenvalue weighted by Crippen LogP contribution is -2.35. The van der Waals surface area contributed by atoms with Gasteiger partial charge in [0.25, 0.3) is 5.91 Å². The van der Waals surface area contributed by atoms with E-state index in [0.29, 0.717) is 17.1 Å². The minimum atomic E-state index is -1.64. The highest BCUT2D eigenvalue weighted by atomic mass is 79.9. The lowest BCUT2D eigenvalue weighted by molar-refractivity contribution is -0.113. The number of likely N-dealkylation sites (N-methyl/N-ethyl adjacent to an activating group) is 1. The van der Waals surface area contributed by atoms with Crippen molar-refractivity contribution in [2.24, 2.45) is 4.40 Å². The Bertz CT molecular complexity index is 817. The largest absolute Gasteiger partial charge is 0.566 e. The molecule has 1 amide bonds. The van der Waals surface area contributed by atoms with E-state index in [1.807, 2.05) is 23.6 Å². The van der Waals surface area contributed by atoms with Crippen LogP contribution in [-0.2, 0) is 16.3 Å². The van der Waals surface area contributed by atoms with Gasteiger partial charge in [-0.2, -0.15) is 4.31 Å². The average molecular weight is 489 g/mol. The normalized spacial score (nSPS) is 17.3. The second-order valence-corrected chi connectivity index (χ2v) is 8.79. The number of rotatable bonds is 3. The number of halogens is 2. The Morgan fingerprint density at radius 2 is 2.04 bits per heavy atom. The first-order valence-electron chi connectivity index (χ1n) is 6.71. The van der Waals surface area contributed by atoms with E-state index in [9.17, 15) is 9.35 Å². The number of allylic oxidation sites excluding steroid dienone is 1. The van der Waals surface area contributed by atoms with Crippen molar-refractivity contribution in [3.8, 4) is 0 Å².